The minimum atomic E-state index is -0.893. The monoisotopic (exact) mass is 437 g/mol. The number of fused-ring (bicyclic) bond motifs is 3. The smallest absolute Gasteiger partial charge is 0.255 e. The minimum Gasteiger partial charge on any atom is -0.370 e. The molecule has 164 valence electrons. The molecule has 1 unspecified atom stereocenters. The molecule has 0 bridgehead atoms. The summed E-state index contributed by atoms with van der Waals surface area (Å²) in [6.45, 7) is 5.55. The van der Waals surface area contributed by atoms with Crippen LogP contribution in [0.1, 0.15) is 5.56 Å². The third-order valence-corrected chi connectivity index (χ3v) is 5.76. The number of nitrogens with zero attached hydrogens (tertiary/aromatic N) is 4. The fraction of sp³-hybridized carbons (Fsp3) is 0.115. The van der Waals surface area contributed by atoms with Crippen molar-refractivity contribution in [1.29, 1.82) is 0 Å². The number of aliphatic hydroxyl groups excluding tert-OH is 1. The number of aromatic nitrogens is 4. The van der Waals surface area contributed by atoms with Gasteiger partial charge in [-0.25, -0.2) is 0 Å². The Labute approximate surface area is 190 Å². The predicted molar refractivity (Wildman–Crippen MR) is 132 cm³/mol. The molecule has 0 radical (unpaired) electrons. The van der Waals surface area contributed by atoms with Crippen LogP contribution in [0.4, 0.5) is 5.69 Å². The maximum Gasteiger partial charge on any atom is 0.255 e. The van der Waals surface area contributed by atoms with Gasteiger partial charge in [0, 0.05) is 47.5 Å². The number of hydrogen-bond acceptors (Lipinski definition) is 5. The standard InChI is InChI=1S/C26H23N5O2/c1-4-24(32)29-23-12-20(8-5-16(23)2)31-25(33)10-7-18-13-27-22-9-6-17(11-21(22)26(18)31)19-14-28-30(3)15-19/h4-15,24,29,32H,1H2,2-3H3. The maximum atomic E-state index is 13.2. The highest BCUT2D eigenvalue weighted by atomic mass is 16.3. The van der Waals surface area contributed by atoms with Crippen LogP contribution in [0, 0.1) is 6.92 Å². The molecule has 33 heavy (non-hydrogen) atoms. The van der Waals surface area contributed by atoms with Crippen LogP contribution >= 0.6 is 0 Å². The minimum absolute atomic E-state index is 0.152. The van der Waals surface area contributed by atoms with Crippen LogP contribution in [-0.4, -0.2) is 30.7 Å². The Hall–Kier alpha value is -4.23. The molecule has 0 saturated carbocycles. The summed E-state index contributed by atoms with van der Waals surface area (Å²) in [6, 6.07) is 15.0. The average molecular weight is 438 g/mol. The molecule has 0 aliphatic rings. The molecule has 0 fully saturated rings. The van der Waals surface area contributed by atoms with Crippen molar-refractivity contribution in [3.8, 4) is 16.8 Å². The van der Waals surface area contributed by atoms with E-state index in [1.807, 2.05) is 62.8 Å². The summed E-state index contributed by atoms with van der Waals surface area (Å²) in [5, 5.41) is 19.0. The number of benzene rings is 2. The molecular formula is C26H23N5O2. The van der Waals surface area contributed by atoms with Crippen molar-refractivity contribution < 1.29 is 5.11 Å². The molecule has 5 rings (SSSR count). The molecule has 1 atom stereocenters. The molecule has 0 spiro atoms. The highest BCUT2D eigenvalue weighted by molar-refractivity contribution is 6.05. The zero-order chi connectivity index (χ0) is 23.1. The number of hydrogen-bond donors (Lipinski definition) is 2. The van der Waals surface area contributed by atoms with Gasteiger partial charge in [-0.2, -0.15) is 5.10 Å². The largest absolute Gasteiger partial charge is 0.370 e. The van der Waals surface area contributed by atoms with Crippen molar-refractivity contribution in [3.63, 3.8) is 0 Å². The van der Waals surface area contributed by atoms with E-state index in [0.717, 1.165) is 44.2 Å². The van der Waals surface area contributed by atoms with Crippen molar-refractivity contribution >= 4 is 27.5 Å². The van der Waals surface area contributed by atoms with E-state index >= 15 is 0 Å². The number of aryl methyl sites for hydroxylation is 2. The molecule has 0 aliphatic heterocycles. The Morgan fingerprint density at radius 3 is 2.70 bits per heavy atom. The third kappa shape index (κ3) is 3.68. The topological polar surface area (TPSA) is 85.0 Å². The van der Waals surface area contributed by atoms with Crippen LogP contribution in [-0.2, 0) is 7.05 Å². The van der Waals surface area contributed by atoms with E-state index in [2.05, 4.69) is 22.0 Å². The summed E-state index contributed by atoms with van der Waals surface area (Å²) < 4.78 is 3.45. The Morgan fingerprint density at radius 1 is 1.09 bits per heavy atom. The Balaban J connectivity index is 1.79. The lowest BCUT2D eigenvalue weighted by Gasteiger charge is -2.17. The fourth-order valence-electron chi connectivity index (χ4n) is 4.04. The number of anilines is 1. The van der Waals surface area contributed by atoms with Gasteiger partial charge in [-0.1, -0.05) is 18.7 Å². The van der Waals surface area contributed by atoms with E-state index in [1.54, 1.807) is 27.6 Å². The van der Waals surface area contributed by atoms with Gasteiger partial charge < -0.3 is 10.4 Å². The van der Waals surface area contributed by atoms with Crippen molar-refractivity contribution in [3.05, 3.63) is 95.7 Å². The first kappa shape index (κ1) is 20.7. The Kier molecular flexibility index (Phi) is 5.03. The van der Waals surface area contributed by atoms with Crippen molar-refractivity contribution in [2.45, 2.75) is 13.2 Å². The summed E-state index contributed by atoms with van der Waals surface area (Å²) in [4.78, 5) is 17.8. The summed E-state index contributed by atoms with van der Waals surface area (Å²) in [6.07, 6.45) is 6.07. The zero-order valence-corrected chi connectivity index (χ0v) is 18.4. The lowest BCUT2D eigenvalue weighted by Crippen LogP contribution is -2.19. The number of nitrogens with one attached hydrogen (secondary N) is 1. The van der Waals surface area contributed by atoms with Crippen molar-refractivity contribution in [2.75, 3.05) is 5.32 Å². The molecule has 2 N–H and O–H groups in total. The molecule has 3 aromatic heterocycles. The lowest BCUT2D eigenvalue weighted by molar-refractivity contribution is 0.252. The summed E-state index contributed by atoms with van der Waals surface area (Å²) in [5.41, 5.74) is 5.75. The zero-order valence-electron chi connectivity index (χ0n) is 18.4. The normalized spacial score (nSPS) is 12.2. The van der Waals surface area contributed by atoms with Gasteiger partial charge >= 0.3 is 0 Å². The first-order valence-corrected chi connectivity index (χ1v) is 10.6. The molecule has 5 aromatic rings. The van der Waals surface area contributed by atoms with Gasteiger partial charge in [0.25, 0.3) is 5.56 Å². The van der Waals surface area contributed by atoms with Crippen LogP contribution in [0.2, 0.25) is 0 Å². The molecule has 3 heterocycles. The number of pyridine rings is 2. The van der Waals surface area contributed by atoms with Gasteiger partial charge in [0.1, 0.15) is 6.23 Å². The molecule has 0 saturated heterocycles. The van der Waals surface area contributed by atoms with Gasteiger partial charge in [-0.15, -0.1) is 0 Å². The first-order valence-electron chi connectivity index (χ1n) is 10.6. The second-order valence-electron chi connectivity index (χ2n) is 8.03. The van der Waals surface area contributed by atoms with E-state index in [0.29, 0.717) is 5.69 Å². The molecule has 2 aromatic carbocycles. The Bertz CT molecular complexity index is 1580. The maximum absolute atomic E-state index is 13.2. The average Bonchev–Trinajstić information content (AvgIpc) is 3.26. The molecule has 0 amide bonds. The van der Waals surface area contributed by atoms with Gasteiger partial charge in [0.15, 0.2) is 0 Å². The highest BCUT2D eigenvalue weighted by Gasteiger charge is 2.13. The van der Waals surface area contributed by atoms with Crippen LogP contribution in [0.25, 0.3) is 38.6 Å². The fourth-order valence-corrected chi connectivity index (χ4v) is 4.04. The van der Waals surface area contributed by atoms with Gasteiger partial charge in [-0.3, -0.25) is 19.0 Å². The number of aliphatic hydroxyl groups is 1. The van der Waals surface area contributed by atoms with Crippen LogP contribution in [0.5, 0.6) is 0 Å². The van der Waals surface area contributed by atoms with Crippen LogP contribution in [0.3, 0.4) is 0 Å². The van der Waals surface area contributed by atoms with Crippen LogP contribution in [0.15, 0.2) is 84.6 Å². The lowest BCUT2D eigenvalue weighted by atomic mass is 10.0. The Morgan fingerprint density at radius 2 is 1.94 bits per heavy atom. The first-order chi connectivity index (χ1) is 15.9. The third-order valence-electron chi connectivity index (χ3n) is 5.76. The van der Waals surface area contributed by atoms with E-state index in [-0.39, 0.29) is 5.56 Å². The predicted octanol–water partition coefficient (Wildman–Crippen LogP) is 4.16. The van der Waals surface area contributed by atoms with E-state index < -0.39 is 6.23 Å². The van der Waals surface area contributed by atoms with E-state index in [9.17, 15) is 9.90 Å². The second kappa shape index (κ2) is 8.03. The van der Waals surface area contributed by atoms with Crippen LogP contribution < -0.4 is 10.9 Å². The van der Waals surface area contributed by atoms with Gasteiger partial charge in [-0.05, 0) is 54.5 Å². The number of rotatable bonds is 5. The summed E-state index contributed by atoms with van der Waals surface area (Å²) in [7, 11) is 1.88. The molecule has 0 aliphatic carbocycles. The van der Waals surface area contributed by atoms with Gasteiger partial charge in [0.2, 0.25) is 0 Å². The summed E-state index contributed by atoms with van der Waals surface area (Å²) in [5.74, 6) is 0. The summed E-state index contributed by atoms with van der Waals surface area (Å²) >= 11 is 0. The van der Waals surface area contributed by atoms with Crippen molar-refractivity contribution in [2.24, 2.45) is 7.05 Å². The van der Waals surface area contributed by atoms with E-state index in [4.69, 9.17) is 0 Å². The molecule has 7 nitrogen and oxygen atoms in total. The molecular weight excluding hydrogens is 414 g/mol. The van der Waals surface area contributed by atoms with Crippen molar-refractivity contribution in [1.82, 2.24) is 19.3 Å². The van der Waals surface area contributed by atoms with E-state index in [1.165, 1.54) is 6.08 Å². The van der Waals surface area contributed by atoms with Gasteiger partial charge in [0.05, 0.1) is 22.9 Å². The quantitative estimate of drug-likeness (QED) is 0.245. The SMILES string of the molecule is C=CC(O)Nc1cc(-n2c(=O)ccc3cnc4ccc(-c5cnn(C)c5)cc4c32)ccc1C. The highest BCUT2D eigenvalue weighted by Crippen LogP contribution is 2.30. The molecule has 7 heteroatoms. The second-order valence-corrected chi connectivity index (χ2v) is 8.03.